The molecule has 0 radical (unpaired) electrons. The van der Waals surface area contributed by atoms with Gasteiger partial charge >= 0.3 is 5.97 Å². The fourth-order valence-electron chi connectivity index (χ4n) is 2.02. The van der Waals surface area contributed by atoms with E-state index in [0.717, 1.165) is 27.8 Å². The van der Waals surface area contributed by atoms with Crippen LogP contribution in [0.4, 0.5) is 0 Å². The molecule has 2 N–H and O–H groups in total. The number of benzene rings is 1. The minimum atomic E-state index is -0.952. The third kappa shape index (κ3) is 1.43. The van der Waals surface area contributed by atoms with Gasteiger partial charge in [-0.1, -0.05) is 0 Å². The number of methoxy groups -OCH3 is 1. The Hall–Kier alpha value is -1.97. The fourth-order valence-corrected chi connectivity index (χ4v) is 2.02. The molecule has 0 saturated heterocycles. The number of fused-ring (bicyclic) bond motifs is 1. The van der Waals surface area contributed by atoms with Gasteiger partial charge in [-0.2, -0.15) is 0 Å². The Labute approximate surface area is 92.9 Å². The lowest BCUT2D eigenvalue weighted by Gasteiger charge is -2.08. The maximum absolute atomic E-state index is 10.9. The SMILES string of the molecule is COc1c(C)cc2[nH]c(C(=O)O)cc2c1C. The largest absolute Gasteiger partial charge is 0.496 e. The molecule has 2 aromatic rings. The first-order valence-corrected chi connectivity index (χ1v) is 4.94. The van der Waals surface area contributed by atoms with Gasteiger partial charge in [-0.25, -0.2) is 4.79 Å². The third-order valence-corrected chi connectivity index (χ3v) is 2.75. The summed E-state index contributed by atoms with van der Waals surface area (Å²) in [4.78, 5) is 13.7. The molecule has 0 bridgehead atoms. The molecule has 0 aliphatic heterocycles. The first-order chi connectivity index (χ1) is 7.54. The lowest BCUT2D eigenvalue weighted by molar-refractivity contribution is 0.0691. The van der Waals surface area contributed by atoms with Crippen molar-refractivity contribution in [3.05, 3.63) is 29.0 Å². The third-order valence-electron chi connectivity index (χ3n) is 2.75. The van der Waals surface area contributed by atoms with Gasteiger partial charge in [0.15, 0.2) is 0 Å². The van der Waals surface area contributed by atoms with E-state index >= 15 is 0 Å². The van der Waals surface area contributed by atoms with Crippen molar-refractivity contribution < 1.29 is 14.6 Å². The van der Waals surface area contributed by atoms with Gasteiger partial charge < -0.3 is 14.8 Å². The fraction of sp³-hybridized carbons (Fsp3) is 0.250. The zero-order valence-electron chi connectivity index (χ0n) is 9.42. The zero-order chi connectivity index (χ0) is 11.9. The summed E-state index contributed by atoms with van der Waals surface area (Å²) in [6.45, 7) is 3.86. The van der Waals surface area contributed by atoms with Crippen molar-refractivity contribution >= 4 is 16.9 Å². The highest BCUT2D eigenvalue weighted by Gasteiger charge is 2.13. The monoisotopic (exact) mass is 219 g/mol. The van der Waals surface area contributed by atoms with Gasteiger partial charge in [-0.15, -0.1) is 0 Å². The van der Waals surface area contributed by atoms with E-state index < -0.39 is 5.97 Å². The normalized spacial score (nSPS) is 10.7. The number of ether oxygens (including phenoxy) is 1. The van der Waals surface area contributed by atoms with Crippen LogP contribution in [0.2, 0.25) is 0 Å². The summed E-state index contributed by atoms with van der Waals surface area (Å²) < 4.78 is 5.29. The van der Waals surface area contributed by atoms with Crippen molar-refractivity contribution in [2.24, 2.45) is 0 Å². The number of carboxylic acids is 1. The number of H-pyrrole nitrogens is 1. The number of rotatable bonds is 2. The van der Waals surface area contributed by atoms with Crippen LogP contribution in [-0.2, 0) is 0 Å². The Morgan fingerprint density at radius 2 is 2.06 bits per heavy atom. The van der Waals surface area contributed by atoms with E-state index in [0.29, 0.717) is 0 Å². The summed E-state index contributed by atoms with van der Waals surface area (Å²) in [6, 6.07) is 3.53. The van der Waals surface area contributed by atoms with Crippen LogP contribution < -0.4 is 4.74 Å². The van der Waals surface area contributed by atoms with Crippen molar-refractivity contribution in [2.45, 2.75) is 13.8 Å². The van der Waals surface area contributed by atoms with Gasteiger partial charge in [0.2, 0.25) is 0 Å². The van der Waals surface area contributed by atoms with E-state index in [1.54, 1.807) is 13.2 Å². The van der Waals surface area contributed by atoms with Crippen molar-refractivity contribution in [1.82, 2.24) is 4.98 Å². The predicted octanol–water partition coefficient (Wildman–Crippen LogP) is 2.49. The summed E-state index contributed by atoms with van der Waals surface area (Å²) in [5.74, 6) is -0.143. The molecular weight excluding hydrogens is 206 g/mol. The van der Waals surface area contributed by atoms with E-state index in [4.69, 9.17) is 9.84 Å². The zero-order valence-corrected chi connectivity index (χ0v) is 9.42. The molecular formula is C12H13NO3. The van der Waals surface area contributed by atoms with E-state index in [2.05, 4.69) is 4.98 Å². The molecule has 0 saturated carbocycles. The quantitative estimate of drug-likeness (QED) is 0.815. The summed E-state index contributed by atoms with van der Waals surface area (Å²) in [5, 5.41) is 9.80. The standard InChI is InChI=1S/C12H13NO3/c1-6-4-9-8(7(2)11(6)16-3)5-10(13-9)12(14)15/h4-5,13H,1-3H3,(H,14,15). The van der Waals surface area contributed by atoms with Crippen molar-refractivity contribution in [3.63, 3.8) is 0 Å². The number of carboxylic acid groups (broad SMARTS) is 1. The van der Waals surface area contributed by atoms with Crippen molar-refractivity contribution in [3.8, 4) is 5.75 Å². The second kappa shape index (κ2) is 3.56. The van der Waals surface area contributed by atoms with E-state index in [9.17, 15) is 4.79 Å². The van der Waals surface area contributed by atoms with Gasteiger partial charge in [0.25, 0.3) is 0 Å². The first kappa shape index (κ1) is 10.5. The number of carbonyl (C=O) groups is 1. The molecule has 0 fully saturated rings. The molecule has 16 heavy (non-hydrogen) atoms. The van der Waals surface area contributed by atoms with Crippen LogP contribution in [0.25, 0.3) is 10.9 Å². The van der Waals surface area contributed by atoms with Crippen LogP contribution in [0, 0.1) is 13.8 Å². The first-order valence-electron chi connectivity index (χ1n) is 4.94. The van der Waals surface area contributed by atoms with E-state index in [-0.39, 0.29) is 5.69 Å². The Bertz CT molecular complexity index is 569. The average Bonchev–Trinajstić information content (AvgIpc) is 2.62. The van der Waals surface area contributed by atoms with Crippen LogP contribution in [0.3, 0.4) is 0 Å². The number of aromatic carboxylic acids is 1. The van der Waals surface area contributed by atoms with E-state index in [1.165, 1.54) is 0 Å². The van der Waals surface area contributed by atoms with Gasteiger partial charge in [0.1, 0.15) is 11.4 Å². The molecule has 0 atom stereocenters. The van der Waals surface area contributed by atoms with E-state index in [1.807, 2.05) is 19.9 Å². The Kier molecular flexibility index (Phi) is 2.34. The van der Waals surface area contributed by atoms with Crippen molar-refractivity contribution in [2.75, 3.05) is 7.11 Å². The summed E-state index contributed by atoms with van der Waals surface area (Å²) in [5.41, 5.74) is 2.98. The molecule has 0 spiro atoms. The van der Waals surface area contributed by atoms with Gasteiger partial charge in [0.05, 0.1) is 7.11 Å². The summed E-state index contributed by atoms with van der Waals surface area (Å²) in [7, 11) is 1.62. The molecule has 4 nitrogen and oxygen atoms in total. The number of aromatic amines is 1. The van der Waals surface area contributed by atoms with Crippen LogP contribution in [0.5, 0.6) is 5.75 Å². The molecule has 0 amide bonds. The number of aromatic nitrogens is 1. The number of aryl methyl sites for hydroxylation is 2. The molecule has 2 rings (SSSR count). The maximum Gasteiger partial charge on any atom is 0.352 e. The maximum atomic E-state index is 10.9. The Morgan fingerprint density at radius 3 is 2.62 bits per heavy atom. The van der Waals surface area contributed by atoms with Crippen LogP contribution in [-0.4, -0.2) is 23.2 Å². The average molecular weight is 219 g/mol. The lowest BCUT2D eigenvalue weighted by Crippen LogP contribution is -1.94. The van der Waals surface area contributed by atoms with Crippen molar-refractivity contribution in [1.29, 1.82) is 0 Å². The van der Waals surface area contributed by atoms with Gasteiger partial charge in [-0.05, 0) is 31.5 Å². The number of nitrogens with one attached hydrogen (secondary N) is 1. The second-order valence-corrected chi connectivity index (χ2v) is 3.80. The highest BCUT2D eigenvalue weighted by Crippen LogP contribution is 2.31. The molecule has 0 aliphatic carbocycles. The predicted molar refractivity (Wildman–Crippen MR) is 61.3 cm³/mol. The van der Waals surface area contributed by atoms with Gasteiger partial charge in [0, 0.05) is 16.5 Å². The summed E-state index contributed by atoms with van der Waals surface area (Å²) in [6.07, 6.45) is 0. The van der Waals surface area contributed by atoms with Crippen LogP contribution in [0.15, 0.2) is 12.1 Å². The number of hydrogen-bond donors (Lipinski definition) is 2. The van der Waals surface area contributed by atoms with Crippen LogP contribution in [0.1, 0.15) is 21.6 Å². The second-order valence-electron chi connectivity index (χ2n) is 3.80. The van der Waals surface area contributed by atoms with Crippen LogP contribution >= 0.6 is 0 Å². The molecule has 0 unspecified atom stereocenters. The Balaban J connectivity index is 2.78. The summed E-state index contributed by atoms with van der Waals surface area (Å²) >= 11 is 0. The molecule has 1 heterocycles. The molecule has 0 aliphatic rings. The number of hydrogen-bond acceptors (Lipinski definition) is 2. The highest BCUT2D eigenvalue weighted by atomic mass is 16.5. The van der Waals surface area contributed by atoms with Gasteiger partial charge in [-0.3, -0.25) is 0 Å². The molecule has 84 valence electrons. The Morgan fingerprint density at radius 1 is 1.38 bits per heavy atom. The topological polar surface area (TPSA) is 62.3 Å². The highest BCUT2D eigenvalue weighted by molar-refractivity contribution is 5.96. The molecule has 4 heteroatoms. The minimum absolute atomic E-state index is 0.200. The lowest BCUT2D eigenvalue weighted by atomic mass is 10.1. The minimum Gasteiger partial charge on any atom is -0.496 e. The molecule has 1 aromatic heterocycles. The smallest absolute Gasteiger partial charge is 0.352 e. The molecule has 1 aromatic carbocycles.